The van der Waals surface area contributed by atoms with Gasteiger partial charge in [0, 0.05) is 45.8 Å². The normalized spacial score (nSPS) is 17.9. The second kappa shape index (κ2) is 10.4. The lowest BCUT2D eigenvalue weighted by Gasteiger charge is -2.35. The molecule has 1 heterocycles. The van der Waals surface area contributed by atoms with E-state index in [0.29, 0.717) is 0 Å². The van der Waals surface area contributed by atoms with Crippen LogP contribution in [0.4, 0.5) is 0 Å². The first-order valence-corrected chi connectivity index (χ1v) is 6.67. The Kier molecular flexibility index (Phi) is 10.2. The van der Waals surface area contributed by atoms with Gasteiger partial charge in [-0.3, -0.25) is 9.80 Å². The smallest absolute Gasteiger partial charge is 0.0916 e. The Hall–Kier alpha value is -0.360. The van der Waals surface area contributed by atoms with E-state index >= 15 is 0 Å². The van der Waals surface area contributed by atoms with Crippen molar-refractivity contribution in [3.05, 3.63) is 35.9 Å². The van der Waals surface area contributed by atoms with Crippen LogP contribution in [0.5, 0.6) is 0 Å². The fraction of sp³-hybridized carbons (Fsp3) is 0.571. The molecular formula is C14H25Cl2N3O. The molecule has 20 heavy (non-hydrogen) atoms. The summed E-state index contributed by atoms with van der Waals surface area (Å²) in [5.41, 5.74) is 6.56. The Morgan fingerprint density at radius 2 is 1.55 bits per heavy atom. The lowest BCUT2D eigenvalue weighted by atomic mass is 10.1. The van der Waals surface area contributed by atoms with Gasteiger partial charge in [-0.2, -0.15) is 0 Å². The van der Waals surface area contributed by atoms with Gasteiger partial charge in [0.1, 0.15) is 0 Å². The first kappa shape index (κ1) is 19.6. The van der Waals surface area contributed by atoms with E-state index in [-0.39, 0.29) is 30.9 Å². The quantitative estimate of drug-likeness (QED) is 0.854. The maximum Gasteiger partial charge on any atom is 0.0916 e. The summed E-state index contributed by atoms with van der Waals surface area (Å²) < 4.78 is 0. The molecule has 2 rings (SSSR count). The molecule has 3 N–H and O–H groups in total. The third-order valence-corrected chi connectivity index (χ3v) is 3.53. The maximum absolute atomic E-state index is 10.2. The molecule has 0 spiro atoms. The number of rotatable bonds is 5. The van der Waals surface area contributed by atoms with Gasteiger partial charge in [-0.05, 0) is 5.56 Å². The fourth-order valence-corrected chi connectivity index (χ4v) is 2.40. The van der Waals surface area contributed by atoms with Crippen LogP contribution in [0.2, 0.25) is 0 Å². The summed E-state index contributed by atoms with van der Waals surface area (Å²) in [4.78, 5) is 4.70. The molecule has 1 saturated heterocycles. The molecule has 1 aromatic carbocycles. The molecule has 0 bridgehead atoms. The van der Waals surface area contributed by atoms with Crippen molar-refractivity contribution >= 4 is 24.8 Å². The number of aliphatic hydroxyl groups excluding tert-OH is 1. The Balaban J connectivity index is 0.00000180. The third kappa shape index (κ3) is 5.95. The summed E-state index contributed by atoms with van der Waals surface area (Å²) in [7, 11) is 0. The monoisotopic (exact) mass is 321 g/mol. The van der Waals surface area contributed by atoms with Crippen LogP contribution >= 0.6 is 24.8 Å². The first-order chi connectivity index (χ1) is 8.79. The van der Waals surface area contributed by atoms with E-state index in [9.17, 15) is 5.11 Å². The van der Waals surface area contributed by atoms with Gasteiger partial charge in [0.05, 0.1) is 6.10 Å². The average molecular weight is 322 g/mol. The van der Waals surface area contributed by atoms with Crippen LogP contribution in [0.25, 0.3) is 0 Å². The molecule has 4 nitrogen and oxygen atoms in total. The van der Waals surface area contributed by atoms with E-state index in [0.717, 1.165) is 51.4 Å². The van der Waals surface area contributed by atoms with Gasteiger partial charge in [-0.15, -0.1) is 24.8 Å². The summed E-state index contributed by atoms with van der Waals surface area (Å²) in [5.74, 6) is 0. The highest BCUT2D eigenvalue weighted by Crippen LogP contribution is 2.14. The summed E-state index contributed by atoms with van der Waals surface area (Å²) >= 11 is 0. The molecule has 1 atom stereocenters. The number of β-amino-alcohol motifs (C(OH)–C–C–N with tert-alkyl or cyclic N) is 1. The zero-order valence-corrected chi connectivity index (χ0v) is 13.3. The van der Waals surface area contributed by atoms with Crippen LogP contribution < -0.4 is 5.73 Å². The predicted octanol–water partition coefficient (Wildman–Crippen LogP) is 1.14. The summed E-state index contributed by atoms with van der Waals surface area (Å²) in [5, 5.41) is 10.2. The molecule has 0 radical (unpaired) electrons. The van der Waals surface area contributed by atoms with E-state index in [4.69, 9.17) is 5.73 Å². The van der Waals surface area contributed by atoms with E-state index in [1.54, 1.807) is 0 Å². The number of hydrogen-bond acceptors (Lipinski definition) is 4. The van der Waals surface area contributed by atoms with Crippen molar-refractivity contribution in [2.24, 2.45) is 5.73 Å². The number of halogens is 2. The van der Waals surface area contributed by atoms with Gasteiger partial charge in [0.15, 0.2) is 0 Å². The van der Waals surface area contributed by atoms with E-state index < -0.39 is 0 Å². The molecule has 0 saturated carbocycles. The van der Waals surface area contributed by atoms with Gasteiger partial charge in [0.2, 0.25) is 0 Å². The van der Waals surface area contributed by atoms with Gasteiger partial charge in [-0.25, -0.2) is 0 Å². The van der Waals surface area contributed by atoms with E-state index in [1.807, 2.05) is 30.3 Å². The molecular weight excluding hydrogens is 297 g/mol. The molecule has 1 fully saturated rings. The van der Waals surface area contributed by atoms with Crippen molar-refractivity contribution in [2.45, 2.75) is 6.10 Å². The van der Waals surface area contributed by atoms with Gasteiger partial charge in [-0.1, -0.05) is 30.3 Å². The van der Waals surface area contributed by atoms with Gasteiger partial charge < -0.3 is 10.8 Å². The van der Waals surface area contributed by atoms with E-state index in [2.05, 4.69) is 9.80 Å². The third-order valence-electron chi connectivity index (χ3n) is 3.53. The first-order valence-electron chi connectivity index (χ1n) is 6.67. The minimum Gasteiger partial charge on any atom is -0.387 e. The highest BCUT2D eigenvalue weighted by molar-refractivity contribution is 5.85. The van der Waals surface area contributed by atoms with Gasteiger partial charge in [0.25, 0.3) is 0 Å². The lowest BCUT2D eigenvalue weighted by molar-refractivity contribution is 0.0736. The van der Waals surface area contributed by atoms with Crippen molar-refractivity contribution in [1.29, 1.82) is 0 Å². The number of hydrogen-bond donors (Lipinski definition) is 2. The second-order valence-electron chi connectivity index (χ2n) is 4.86. The number of nitrogens with zero attached hydrogens (tertiary/aromatic N) is 2. The number of aliphatic hydroxyl groups is 1. The Morgan fingerprint density at radius 1 is 1.00 bits per heavy atom. The van der Waals surface area contributed by atoms with Crippen LogP contribution in [0.3, 0.4) is 0 Å². The maximum atomic E-state index is 10.2. The number of benzene rings is 1. The SMILES string of the molecule is Cl.Cl.NCCN1CCN(CC(O)c2ccccc2)CC1. The minimum atomic E-state index is -0.382. The van der Waals surface area contributed by atoms with Crippen molar-refractivity contribution in [1.82, 2.24) is 9.80 Å². The topological polar surface area (TPSA) is 52.7 Å². The molecule has 116 valence electrons. The summed E-state index contributed by atoms with van der Waals surface area (Å²) in [6.45, 7) is 6.58. The number of piperazine rings is 1. The Morgan fingerprint density at radius 3 is 2.10 bits per heavy atom. The van der Waals surface area contributed by atoms with Crippen LogP contribution in [-0.4, -0.2) is 60.7 Å². The predicted molar refractivity (Wildman–Crippen MR) is 87.8 cm³/mol. The van der Waals surface area contributed by atoms with Crippen molar-refractivity contribution in [3.63, 3.8) is 0 Å². The van der Waals surface area contributed by atoms with Crippen molar-refractivity contribution in [3.8, 4) is 0 Å². The standard InChI is InChI=1S/C14H23N3O.2ClH/c15-6-7-16-8-10-17(11-9-16)12-14(18)13-4-2-1-3-5-13;;/h1-5,14,18H,6-12,15H2;2*1H. The highest BCUT2D eigenvalue weighted by atomic mass is 35.5. The largest absolute Gasteiger partial charge is 0.387 e. The molecule has 1 aliphatic rings. The highest BCUT2D eigenvalue weighted by Gasteiger charge is 2.19. The molecule has 1 unspecified atom stereocenters. The molecule has 6 heteroatoms. The van der Waals surface area contributed by atoms with Crippen LogP contribution in [0.15, 0.2) is 30.3 Å². The number of nitrogens with two attached hydrogens (primary N) is 1. The van der Waals surface area contributed by atoms with Crippen molar-refractivity contribution in [2.75, 3.05) is 45.8 Å². The second-order valence-corrected chi connectivity index (χ2v) is 4.86. The zero-order chi connectivity index (χ0) is 12.8. The van der Waals surface area contributed by atoms with E-state index in [1.165, 1.54) is 0 Å². The molecule has 0 amide bonds. The molecule has 0 aromatic heterocycles. The van der Waals surface area contributed by atoms with Crippen LogP contribution in [0, 0.1) is 0 Å². The van der Waals surface area contributed by atoms with Crippen LogP contribution in [0.1, 0.15) is 11.7 Å². The van der Waals surface area contributed by atoms with Crippen LogP contribution in [-0.2, 0) is 0 Å². The molecule has 1 aliphatic heterocycles. The lowest BCUT2D eigenvalue weighted by Crippen LogP contribution is -2.48. The summed E-state index contributed by atoms with van der Waals surface area (Å²) in [6, 6.07) is 9.88. The van der Waals surface area contributed by atoms with Gasteiger partial charge >= 0.3 is 0 Å². The Bertz CT molecular complexity index is 346. The zero-order valence-electron chi connectivity index (χ0n) is 11.6. The Labute approximate surface area is 133 Å². The minimum absolute atomic E-state index is 0. The average Bonchev–Trinajstić information content (AvgIpc) is 2.42. The van der Waals surface area contributed by atoms with Crippen molar-refractivity contribution < 1.29 is 5.11 Å². The fourth-order valence-electron chi connectivity index (χ4n) is 2.40. The molecule has 1 aromatic rings. The summed E-state index contributed by atoms with van der Waals surface area (Å²) in [6.07, 6.45) is -0.382. The molecule has 0 aliphatic carbocycles.